The predicted octanol–water partition coefficient (Wildman–Crippen LogP) is 6.29. The number of hydrogen-bond donors (Lipinski definition) is 1. The van der Waals surface area contributed by atoms with Crippen molar-refractivity contribution in [2.24, 2.45) is 5.92 Å². The third kappa shape index (κ3) is 9.03. The minimum Gasteiger partial charge on any atom is -0.354 e. The monoisotopic (exact) mass is 522 g/mol. The molecule has 36 heavy (non-hydrogen) atoms. The van der Waals surface area contributed by atoms with Crippen LogP contribution >= 0.6 is 23.4 Å². The SMILES string of the molecule is Cc1ccc(CSCC(=O)N(Cc2cccc(Cl)c2)[C@H](Cc2ccccc2)C(=O)NCC(C)C)cc1. The van der Waals surface area contributed by atoms with Crippen molar-refractivity contribution in [2.75, 3.05) is 12.3 Å². The van der Waals surface area contributed by atoms with E-state index in [0.717, 1.165) is 16.9 Å². The van der Waals surface area contributed by atoms with E-state index in [2.05, 4.69) is 50.4 Å². The second kappa shape index (κ2) is 14.1. The van der Waals surface area contributed by atoms with Crippen LogP contribution in [0.15, 0.2) is 78.9 Å². The molecule has 0 aliphatic rings. The van der Waals surface area contributed by atoms with Gasteiger partial charge in [-0.15, -0.1) is 11.8 Å². The first-order chi connectivity index (χ1) is 17.3. The molecule has 3 aromatic carbocycles. The van der Waals surface area contributed by atoms with E-state index in [4.69, 9.17) is 11.6 Å². The van der Waals surface area contributed by atoms with Gasteiger partial charge in [0.05, 0.1) is 5.75 Å². The Balaban J connectivity index is 1.83. The topological polar surface area (TPSA) is 49.4 Å². The summed E-state index contributed by atoms with van der Waals surface area (Å²) in [5, 5.41) is 3.67. The minimum absolute atomic E-state index is 0.0623. The Labute approximate surface area is 224 Å². The molecule has 0 unspecified atom stereocenters. The summed E-state index contributed by atoms with van der Waals surface area (Å²) in [6.07, 6.45) is 0.444. The minimum atomic E-state index is -0.627. The first-order valence-electron chi connectivity index (χ1n) is 12.3. The van der Waals surface area contributed by atoms with Gasteiger partial charge in [0.15, 0.2) is 0 Å². The van der Waals surface area contributed by atoms with Crippen LogP contribution in [0.4, 0.5) is 0 Å². The molecule has 190 valence electrons. The van der Waals surface area contributed by atoms with Crippen molar-refractivity contribution >= 4 is 35.2 Å². The molecule has 0 aliphatic carbocycles. The molecule has 0 radical (unpaired) electrons. The van der Waals surface area contributed by atoms with Gasteiger partial charge in [-0.1, -0.05) is 97.7 Å². The second-order valence-corrected chi connectivity index (χ2v) is 10.9. The summed E-state index contributed by atoms with van der Waals surface area (Å²) in [6, 6.07) is 25.1. The molecule has 1 N–H and O–H groups in total. The van der Waals surface area contributed by atoms with Crippen molar-refractivity contribution in [1.29, 1.82) is 0 Å². The maximum absolute atomic E-state index is 13.6. The number of thioether (sulfide) groups is 1. The van der Waals surface area contributed by atoms with E-state index < -0.39 is 6.04 Å². The summed E-state index contributed by atoms with van der Waals surface area (Å²) in [7, 11) is 0. The standard InChI is InChI=1S/C30H35ClN2O2S/c1-22(2)18-32-30(35)28(17-24-8-5-4-6-9-24)33(19-26-10-7-11-27(31)16-26)29(34)21-36-20-25-14-12-23(3)13-15-25/h4-16,22,28H,17-21H2,1-3H3,(H,32,35)/t28-/m1/s1. The molecule has 0 bridgehead atoms. The van der Waals surface area contributed by atoms with Crippen LogP contribution in [0, 0.1) is 12.8 Å². The van der Waals surface area contributed by atoms with Crippen molar-refractivity contribution in [3.63, 3.8) is 0 Å². The van der Waals surface area contributed by atoms with Crippen LogP contribution in [0.2, 0.25) is 5.02 Å². The molecule has 0 saturated carbocycles. The third-order valence-electron chi connectivity index (χ3n) is 5.81. The van der Waals surface area contributed by atoms with E-state index in [-0.39, 0.29) is 17.6 Å². The Bertz CT molecular complexity index is 1120. The number of nitrogens with one attached hydrogen (secondary N) is 1. The Kier molecular flexibility index (Phi) is 10.9. The van der Waals surface area contributed by atoms with Crippen LogP contribution in [0.3, 0.4) is 0 Å². The first kappa shape index (κ1) is 27.8. The Morgan fingerprint density at radius 1 is 0.917 bits per heavy atom. The molecule has 0 saturated heterocycles. The highest BCUT2D eigenvalue weighted by molar-refractivity contribution is 7.99. The molecular formula is C30H35ClN2O2S. The zero-order valence-corrected chi connectivity index (χ0v) is 22.8. The first-order valence-corrected chi connectivity index (χ1v) is 13.8. The summed E-state index contributed by atoms with van der Waals surface area (Å²) in [5.41, 5.74) is 4.30. The Hall–Kier alpha value is -2.76. The number of nitrogens with zero attached hydrogens (tertiary/aromatic N) is 1. The molecule has 0 heterocycles. The van der Waals surface area contributed by atoms with Crippen LogP contribution in [0.5, 0.6) is 0 Å². The predicted molar refractivity (Wildman–Crippen MR) is 151 cm³/mol. The van der Waals surface area contributed by atoms with E-state index in [9.17, 15) is 9.59 Å². The highest BCUT2D eigenvalue weighted by atomic mass is 35.5. The van der Waals surface area contributed by atoms with Gasteiger partial charge < -0.3 is 10.2 Å². The third-order valence-corrected chi connectivity index (χ3v) is 7.04. The van der Waals surface area contributed by atoms with Crippen molar-refractivity contribution in [3.05, 3.63) is 106 Å². The molecule has 2 amide bonds. The van der Waals surface area contributed by atoms with Gasteiger partial charge in [-0.25, -0.2) is 0 Å². The highest BCUT2D eigenvalue weighted by Gasteiger charge is 2.30. The van der Waals surface area contributed by atoms with E-state index in [1.807, 2.05) is 54.6 Å². The van der Waals surface area contributed by atoms with Crippen LogP contribution in [-0.2, 0) is 28.3 Å². The lowest BCUT2D eigenvalue weighted by molar-refractivity contribution is -0.139. The largest absolute Gasteiger partial charge is 0.354 e. The number of carbonyl (C=O) groups is 2. The van der Waals surface area contributed by atoms with Crippen LogP contribution < -0.4 is 5.32 Å². The van der Waals surface area contributed by atoms with Crippen molar-refractivity contribution in [3.8, 4) is 0 Å². The van der Waals surface area contributed by atoms with E-state index >= 15 is 0 Å². The van der Waals surface area contributed by atoms with Crippen molar-refractivity contribution in [2.45, 2.75) is 45.5 Å². The highest BCUT2D eigenvalue weighted by Crippen LogP contribution is 2.20. The fraction of sp³-hybridized carbons (Fsp3) is 0.333. The van der Waals surface area contributed by atoms with Gasteiger partial charge in [0.2, 0.25) is 11.8 Å². The van der Waals surface area contributed by atoms with Crippen LogP contribution in [0.25, 0.3) is 0 Å². The molecule has 6 heteroatoms. The van der Waals surface area contributed by atoms with E-state index in [1.54, 1.807) is 16.7 Å². The van der Waals surface area contributed by atoms with Crippen molar-refractivity contribution < 1.29 is 9.59 Å². The summed E-state index contributed by atoms with van der Waals surface area (Å²) >= 11 is 7.81. The van der Waals surface area contributed by atoms with E-state index in [0.29, 0.717) is 30.5 Å². The summed E-state index contributed by atoms with van der Waals surface area (Å²) in [4.78, 5) is 28.8. The van der Waals surface area contributed by atoms with Gasteiger partial charge in [0.1, 0.15) is 6.04 Å². The zero-order valence-electron chi connectivity index (χ0n) is 21.2. The lowest BCUT2D eigenvalue weighted by Gasteiger charge is -2.32. The van der Waals surface area contributed by atoms with Gasteiger partial charge in [0.25, 0.3) is 0 Å². The number of benzene rings is 3. The lowest BCUT2D eigenvalue weighted by Crippen LogP contribution is -2.51. The molecule has 0 spiro atoms. The average molecular weight is 523 g/mol. The molecule has 0 aromatic heterocycles. The van der Waals surface area contributed by atoms with E-state index in [1.165, 1.54) is 11.1 Å². The molecule has 0 aliphatic heterocycles. The maximum atomic E-state index is 13.6. The fourth-order valence-corrected chi connectivity index (χ4v) is 4.92. The van der Waals surface area contributed by atoms with Gasteiger partial charge in [-0.3, -0.25) is 9.59 Å². The summed E-state index contributed by atoms with van der Waals surface area (Å²) < 4.78 is 0. The number of rotatable bonds is 12. The normalized spacial score (nSPS) is 11.8. The Morgan fingerprint density at radius 2 is 1.61 bits per heavy atom. The quantitative estimate of drug-likeness (QED) is 0.304. The van der Waals surface area contributed by atoms with Gasteiger partial charge in [0, 0.05) is 30.3 Å². The second-order valence-electron chi connectivity index (χ2n) is 9.47. The fourth-order valence-electron chi connectivity index (χ4n) is 3.83. The molecule has 3 rings (SSSR count). The molecule has 0 fully saturated rings. The molecule has 1 atom stereocenters. The number of aryl methyl sites for hydroxylation is 1. The number of amides is 2. The summed E-state index contributed by atoms with van der Waals surface area (Å²) in [5.74, 6) is 1.14. The van der Waals surface area contributed by atoms with Gasteiger partial charge in [-0.2, -0.15) is 0 Å². The molecule has 3 aromatic rings. The van der Waals surface area contributed by atoms with Crippen molar-refractivity contribution in [1.82, 2.24) is 10.2 Å². The molecule has 4 nitrogen and oxygen atoms in total. The number of carbonyl (C=O) groups excluding carboxylic acids is 2. The van der Waals surface area contributed by atoms with Gasteiger partial charge >= 0.3 is 0 Å². The Morgan fingerprint density at radius 3 is 2.28 bits per heavy atom. The number of halogens is 1. The van der Waals surface area contributed by atoms with Crippen LogP contribution in [-0.4, -0.2) is 35.1 Å². The summed E-state index contributed by atoms with van der Waals surface area (Å²) in [6.45, 7) is 7.06. The smallest absolute Gasteiger partial charge is 0.243 e. The van der Waals surface area contributed by atoms with Crippen LogP contribution in [0.1, 0.15) is 36.1 Å². The lowest BCUT2D eigenvalue weighted by atomic mass is 10.0. The zero-order chi connectivity index (χ0) is 25.9. The molecular weight excluding hydrogens is 488 g/mol. The number of hydrogen-bond acceptors (Lipinski definition) is 3. The van der Waals surface area contributed by atoms with Gasteiger partial charge in [-0.05, 0) is 41.7 Å². The maximum Gasteiger partial charge on any atom is 0.243 e. The average Bonchev–Trinajstić information content (AvgIpc) is 2.86.